The first-order valence-corrected chi connectivity index (χ1v) is 10.5. The van der Waals surface area contributed by atoms with Gasteiger partial charge in [-0.3, -0.25) is 14.7 Å². The molecule has 3 fully saturated rings. The van der Waals surface area contributed by atoms with Crippen LogP contribution in [0.15, 0.2) is 36.0 Å². The number of fused-ring (bicyclic) bond motifs is 1. The van der Waals surface area contributed by atoms with Crippen LogP contribution in [0, 0.1) is 11.7 Å². The van der Waals surface area contributed by atoms with E-state index in [1.54, 1.807) is 12.1 Å². The molecule has 2 heterocycles. The topological polar surface area (TPSA) is 67.9 Å². The van der Waals surface area contributed by atoms with Crippen LogP contribution in [0.25, 0.3) is 5.57 Å². The molecule has 0 spiro atoms. The van der Waals surface area contributed by atoms with Gasteiger partial charge in [-0.1, -0.05) is 18.2 Å². The molecule has 2 unspecified atom stereocenters. The lowest BCUT2D eigenvalue weighted by Crippen LogP contribution is -2.40. The van der Waals surface area contributed by atoms with Crippen LogP contribution < -0.4 is 11.0 Å². The van der Waals surface area contributed by atoms with E-state index in [1.165, 1.54) is 30.9 Å². The number of hydrazine groups is 2. The number of rotatable bonds is 5. The maximum absolute atomic E-state index is 15.0. The molecule has 0 aromatic heterocycles. The Hall–Kier alpha value is -2.42. The molecule has 2 N–H and O–H groups in total. The second-order valence-corrected chi connectivity index (χ2v) is 8.78. The molecule has 3 amide bonds. The van der Waals surface area contributed by atoms with Crippen molar-refractivity contribution in [3.05, 3.63) is 53.0 Å². The quantitative estimate of drug-likeness (QED) is 0.552. The Kier molecular flexibility index (Phi) is 4.80. The largest absolute Gasteiger partial charge is 0.327 e. The molecule has 1 saturated carbocycles. The molecule has 1 aromatic rings. The number of allylic oxidation sites excluding steroid dienone is 2. The highest BCUT2D eigenvalue weighted by Gasteiger charge is 2.39. The van der Waals surface area contributed by atoms with Crippen LogP contribution in [-0.2, 0) is 11.3 Å². The molecule has 2 saturated heterocycles. The number of likely N-dealkylation sites (N-methyl/N-ethyl adjacent to an activating group) is 1. The standard InChI is InChI=1S/C21H23ClFN5O2/c1-26-18(29)11-27(21(26)30)9-13-4-5-14(16(23)8-13)15-6-7-17-20(19(15)22)24-25-28(17)10-12-2-3-12/h4-8,12,19-20,24-25H,2-3,9-11H2,1H3. The first-order chi connectivity index (χ1) is 14.4. The smallest absolute Gasteiger partial charge is 0.311 e. The van der Waals surface area contributed by atoms with Crippen LogP contribution >= 0.6 is 11.6 Å². The highest BCUT2D eigenvalue weighted by Crippen LogP contribution is 2.37. The number of hydrogen-bond acceptors (Lipinski definition) is 5. The minimum atomic E-state index is -0.423. The van der Waals surface area contributed by atoms with E-state index in [4.69, 9.17) is 11.6 Å². The van der Waals surface area contributed by atoms with Gasteiger partial charge >= 0.3 is 6.03 Å². The summed E-state index contributed by atoms with van der Waals surface area (Å²) in [6, 6.07) is 4.38. The fraction of sp³-hybridized carbons (Fsp3) is 0.429. The van der Waals surface area contributed by atoms with Gasteiger partial charge in [0.2, 0.25) is 5.91 Å². The molecule has 2 aliphatic carbocycles. The molecule has 9 heteroatoms. The summed E-state index contributed by atoms with van der Waals surface area (Å²) in [6.07, 6.45) is 6.39. The van der Waals surface area contributed by atoms with Crippen LogP contribution in [0.4, 0.5) is 9.18 Å². The van der Waals surface area contributed by atoms with E-state index in [0.29, 0.717) is 16.7 Å². The van der Waals surface area contributed by atoms with Crippen molar-refractivity contribution < 1.29 is 14.0 Å². The number of amides is 3. The fourth-order valence-corrected chi connectivity index (χ4v) is 4.54. The van der Waals surface area contributed by atoms with Gasteiger partial charge in [0.25, 0.3) is 0 Å². The van der Waals surface area contributed by atoms with Crippen molar-refractivity contribution in [2.24, 2.45) is 5.92 Å². The van der Waals surface area contributed by atoms with E-state index < -0.39 is 11.2 Å². The van der Waals surface area contributed by atoms with E-state index in [0.717, 1.165) is 23.1 Å². The Labute approximate surface area is 179 Å². The first-order valence-electron chi connectivity index (χ1n) is 10.1. The molecule has 1 aromatic carbocycles. The Morgan fingerprint density at radius 1 is 1.23 bits per heavy atom. The lowest BCUT2D eigenvalue weighted by molar-refractivity contribution is -0.124. The maximum Gasteiger partial charge on any atom is 0.327 e. The van der Waals surface area contributed by atoms with Crippen molar-refractivity contribution in [3.63, 3.8) is 0 Å². The molecule has 2 atom stereocenters. The van der Waals surface area contributed by atoms with Gasteiger partial charge in [0, 0.05) is 25.7 Å². The molecular weight excluding hydrogens is 409 g/mol. The second kappa shape index (κ2) is 7.37. The third-order valence-corrected chi connectivity index (χ3v) is 6.61. The van der Waals surface area contributed by atoms with Crippen molar-refractivity contribution in [3.8, 4) is 0 Å². The summed E-state index contributed by atoms with van der Waals surface area (Å²) in [6.45, 7) is 1.14. The summed E-state index contributed by atoms with van der Waals surface area (Å²) in [7, 11) is 1.45. The van der Waals surface area contributed by atoms with Gasteiger partial charge in [0.15, 0.2) is 0 Å². The summed E-state index contributed by atoms with van der Waals surface area (Å²) in [5.74, 6) is 0.0689. The normalized spacial score (nSPS) is 26.3. The number of benzene rings is 1. The number of carbonyl (C=O) groups excluding carboxylic acids is 2. The number of halogens is 2. The molecule has 2 aliphatic heterocycles. The zero-order valence-corrected chi connectivity index (χ0v) is 17.3. The number of hydrogen-bond donors (Lipinski definition) is 2. The van der Waals surface area contributed by atoms with E-state index in [1.807, 2.05) is 12.2 Å². The highest BCUT2D eigenvalue weighted by molar-refractivity contribution is 6.27. The van der Waals surface area contributed by atoms with Gasteiger partial charge in [-0.15, -0.1) is 11.6 Å². The highest BCUT2D eigenvalue weighted by atomic mass is 35.5. The fourth-order valence-electron chi connectivity index (χ4n) is 4.16. The lowest BCUT2D eigenvalue weighted by atomic mass is 9.91. The van der Waals surface area contributed by atoms with E-state index in [9.17, 15) is 14.0 Å². The average molecular weight is 432 g/mol. The predicted octanol–water partition coefficient (Wildman–Crippen LogP) is 2.21. The Morgan fingerprint density at radius 2 is 2.03 bits per heavy atom. The molecular formula is C21H23ClFN5O2. The van der Waals surface area contributed by atoms with Crippen LogP contribution in [0.1, 0.15) is 24.0 Å². The van der Waals surface area contributed by atoms with Crippen LogP contribution in [0.3, 0.4) is 0 Å². The number of nitrogens with one attached hydrogen (secondary N) is 2. The van der Waals surface area contributed by atoms with E-state index in [-0.39, 0.29) is 31.1 Å². The van der Waals surface area contributed by atoms with Gasteiger partial charge in [0.05, 0.1) is 17.1 Å². The number of alkyl halides is 1. The van der Waals surface area contributed by atoms with Gasteiger partial charge in [0.1, 0.15) is 12.4 Å². The minimum Gasteiger partial charge on any atom is -0.311 e. The van der Waals surface area contributed by atoms with Crippen LogP contribution in [0.5, 0.6) is 0 Å². The van der Waals surface area contributed by atoms with Crippen molar-refractivity contribution in [2.45, 2.75) is 30.8 Å². The molecule has 0 radical (unpaired) electrons. The monoisotopic (exact) mass is 431 g/mol. The van der Waals surface area contributed by atoms with Gasteiger partial charge in [-0.25, -0.2) is 14.6 Å². The average Bonchev–Trinajstić information content (AvgIpc) is 3.40. The molecule has 5 rings (SSSR count). The van der Waals surface area contributed by atoms with Gasteiger partial charge in [-0.05, 0) is 42.0 Å². The number of carbonyl (C=O) groups is 2. The number of imide groups is 1. The van der Waals surface area contributed by atoms with Crippen LogP contribution in [-0.4, -0.2) is 58.3 Å². The Bertz CT molecular complexity index is 976. The van der Waals surface area contributed by atoms with E-state index >= 15 is 0 Å². The summed E-state index contributed by atoms with van der Waals surface area (Å²) >= 11 is 6.74. The summed E-state index contributed by atoms with van der Waals surface area (Å²) < 4.78 is 15.0. The Morgan fingerprint density at radius 3 is 2.70 bits per heavy atom. The predicted molar refractivity (Wildman–Crippen MR) is 110 cm³/mol. The lowest BCUT2D eigenvalue weighted by Gasteiger charge is -2.27. The van der Waals surface area contributed by atoms with Crippen molar-refractivity contribution in [1.82, 2.24) is 25.8 Å². The molecule has 4 aliphatic rings. The van der Waals surface area contributed by atoms with Gasteiger partial charge < -0.3 is 4.90 Å². The van der Waals surface area contributed by atoms with E-state index in [2.05, 4.69) is 16.0 Å². The zero-order valence-electron chi connectivity index (χ0n) is 16.6. The minimum absolute atomic E-state index is 0.0128. The molecule has 7 nitrogen and oxygen atoms in total. The first kappa shape index (κ1) is 19.5. The van der Waals surface area contributed by atoms with Crippen molar-refractivity contribution >= 4 is 29.1 Å². The maximum atomic E-state index is 15.0. The SMILES string of the molecule is CN1C(=O)CN(Cc2ccc(C3=CC=C4C(NNN4CC4CC4)C3Cl)c(F)c2)C1=O. The van der Waals surface area contributed by atoms with Crippen molar-refractivity contribution in [2.75, 3.05) is 20.1 Å². The van der Waals surface area contributed by atoms with Gasteiger partial charge in [-0.2, -0.15) is 5.53 Å². The summed E-state index contributed by atoms with van der Waals surface area (Å²) in [5.41, 5.74) is 9.25. The second-order valence-electron chi connectivity index (χ2n) is 8.31. The molecule has 30 heavy (non-hydrogen) atoms. The summed E-state index contributed by atoms with van der Waals surface area (Å²) in [4.78, 5) is 26.2. The number of nitrogens with zero attached hydrogens (tertiary/aromatic N) is 3. The molecule has 0 bridgehead atoms. The third-order valence-electron chi connectivity index (χ3n) is 6.12. The summed E-state index contributed by atoms with van der Waals surface area (Å²) in [5, 5.41) is 1.67. The zero-order chi connectivity index (χ0) is 21.0. The van der Waals surface area contributed by atoms with Crippen molar-refractivity contribution in [1.29, 1.82) is 0 Å². The Balaban J connectivity index is 1.34. The molecule has 158 valence electrons. The third kappa shape index (κ3) is 3.38. The number of urea groups is 1. The van der Waals surface area contributed by atoms with Crippen LogP contribution in [0.2, 0.25) is 0 Å².